The standard InChI is InChI=1S/C15H31N/c1-12(2)13(3)11-16-14-7-6-9-15(4,5)10-8-14/h12-14,16H,6-11H2,1-5H3. The summed E-state index contributed by atoms with van der Waals surface area (Å²) in [6.45, 7) is 13.0. The van der Waals surface area contributed by atoms with Crippen molar-refractivity contribution in [1.29, 1.82) is 0 Å². The van der Waals surface area contributed by atoms with E-state index in [1.165, 1.54) is 38.6 Å². The van der Waals surface area contributed by atoms with Gasteiger partial charge in [0.05, 0.1) is 0 Å². The van der Waals surface area contributed by atoms with Crippen LogP contribution in [0.2, 0.25) is 0 Å². The van der Waals surface area contributed by atoms with E-state index in [1.54, 1.807) is 0 Å². The average Bonchev–Trinajstić information content (AvgIpc) is 2.36. The predicted octanol–water partition coefficient (Wildman–Crippen LogP) is 4.23. The average molecular weight is 225 g/mol. The van der Waals surface area contributed by atoms with Crippen molar-refractivity contribution in [3.05, 3.63) is 0 Å². The van der Waals surface area contributed by atoms with Gasteiger partial charge in [-0.15, -0.1) is 0 Å². The van der Waals surface area contributed by atoms with Crippen molar-refractivity contribution >= 4 is 0 Å². The van der Waals surface area contributed by atoms with Crippen LogP contribution in [-0.2, 0) is 0 Å². The fourth-order valence-corrected chi connectivity index (χ4v) is 2.45. The van der Waals surface area contributed by atoms with E-state index >= 15 is 0 Å². The Morgan fingerprint density at radius 3 is 2.44 bits per heavy atom. The van der Waals surface area contributed by atoms with Gasteiger partial charge in [0.1, 0.15) is 0 Å². The quantitative estimate of drug-likeness (QED) is 0.706. The third-order valence-electron chi connectivity index (χ3n) is 4.44. The van der Waals surface area contributed by atoms with Gasteiger partial charge in [0, 0.05) is 6.04 Å². The SMILES string of the molecule is CC(C)C(C)CNC1CCCC(C)(C)CC1. The summed E-state index contributed by atoms with van der Waals surface area (Å²) in [5.74, 6) is 1.60. The van der Waals surface area contributed by atoms with Gasteiger partial charge >= 0.3 is 0 Å². The molecule has 2 unspecified atom stereocenters. The van der Waals surface area contributed by atoms with E-state index in [-0.39, 0.29) is 0 Å². The minimum absolute atomic E-state index is 0.583. The van der Waals surface area contributed by atoms with Gasteiger partial charge in [0.25, 0.3) is 0 Å². The van der Waals surface area contributed by atoms with Crippen LogP contribution in [0.15, 0.2) is 0 Å². The number of rotatable bonds is 4. The molecule has 1 heteroatoms. The van der Waals surface area contributed by atoms with Crippen molar-refractivity contribution in [3.8, 4) is 0 Å². The third kappa shape index (κ3) is 4.86. The predicted molar refractivity (Wildman–Crippen MR) is 72.7 cm³/mol. The van der Waals surface area contributed by atoms with Crippen LogP contribution < -0.4 is 5.32 Å². The largest absolute Gasteiger partial charge is 0.314 e. The molecule has 1 aliphatic carbocycles. The van der Waals surface area contributed by atoms with Crippen LogP contribution in [0.4, 0.5) is 0 Å². The summed E-state index contributed by atoms with van der Waals surface area (Å²) < 4.78 is 0. The molecule has 0 aliphatic heterocycles. The summed E-state index contributed by atoms with van der Waals surface area (Å²) in [6, 6.07) is 0.781. The first-order valence-corrected chi connectivity index (χ1v) is 7.14. The van der Waals surface area contributed by atoms with E-state index < -0.39 is 0 Å². The Balaban J connectivity index is 2.28. The molecule has 0 aromatic heterocycles. The lowest BCUT2D eigenvalue weighted by Crippen LogP contribution is -2.33. The molecule has 1 saturated carbocycles. The first-order valence-electron chi connectivity index (χ1n) is 7.14. The van der Waals surface area contributed by atoms with Crippen molar-refractivity contribution in [2.24, 2.45) is 17.3 Å². The normalized spacial score (nSPS) is 27.8. The van der Waals surface area contributed by atoms with E-state index in [9.17, 15) is 0 Å². The van der Waals surface area contributed by atoms with Crippen LogP contribution in [0, 0.1) is 17.3 Å². The molecule has 0 aromatic rings. The molecule has 0 aromatic carbocycles. The molecule has 0 heterocycles. The van der Waals surface area contributed by atoms with Gasteiger partial charge < -0.3 is 5.32 Å². The van der Waals surface area contributed by atoms with Gasteiger partial charge in [-0.25, -0.2) is 0 Å². The zero-order valence-corrected chi connectivity index (χ0v) is 12.0. The van der Waals surface area contributed by atoms with Crippen molar-refractivity contribution in [1.82, 2.24) is 5.32 Å². The van der Waals surface area contributed by atoms with E-state index in [0.717, 1.165) is 17.9 Å². The lowest BCUT2D eigenvalue weighted by Gasteiger charge is -2.23. The monoisotopic (exact) mass is 225 g/mol. The minimum Gasteiger partial charge on any atom is -0.314 e. The molecule has 0 bridgehead atoms. The van der Waals surface area contributed by atoms with E-state index in [2.05, 4.69) is 39.9 Å². The Hall–Kier alpha value is -0.0400. The second-order valence-corrected chi connectivity index (χ2v) is 6.92. The first-order chi connectivity index (χ1) is 7.41. The molecular weight excluding hydrogens is 194 g/mol. The van der Waals surface area contributed by atoms with Crippen molar-refractivity contribution < 1.29 is 0 Å². The summed E-state index contributed by atoms with van der Waals surface area (Å²) in [7, 11) is 0. The molecule has 1 N–H and O–H groups in total. The van der Waals surface area contributed by atoms with Crippen molar-refractivity contribution in [2.75, 3.05) is 6.54 Å². The molecule has 16 heavy (non-hydrogen) atoms. The van der Waals surface area contributed by atoms with Gasteiger partial charge in [-0.2, -0.15) is 0 Å². The lowest BCUT2D eigenvalue weighted by molar-refractivity contribution is 0.305. The highest BCUT2D eigenvalue weighted by Gasteiger charge is 2.24. The van der Waals surface area contributed by atoms with Gasteiger partial charge in [-0.1, -0.05) is 41.0 Å². The van der Waals surface area contributed by atoms with Crippen LogP contribution >= 0.6 is 0 Å². The van der Waals surface area contributed by atoms with Crippen LogP contribution in [0.3, 0.4) is 0 Å². The smallest absolute Gasteiger partial charge is 0.00673 e. The zero-order valence-electron chi connectivity index (χ0n) is 12.0. The van der Waals surface area contributed by atoms with Gasteiger partial charge in [0.15, 0.2) is 0 Å². The van der Waals surface area contributed by atoms with Crippen LogP contribution in [-0.4, -0.2) is 12.6 Å². The second-order valence-electron chi connectivity index (χ2n) is 6.92. The molecule has 1 fully saturated rings. The van der Waals surface area contributed by atoms with Gasteiger partial charge in [-0.05, 0) is 49.5 Å². The summed E-state index contributed by atoms with van der Waals surface area (Å²) in [6.07, 6.45) is 6.96. The summed E-state index contributed by atoms with van der Waals surface area (Å²) in [5.41, 5.74) is 0.583. The highest BCUT2D eigenvalue weighted by Crippen LogP contribution is 2.33. The Morgan fingerprint density at radius 1 is 1.12 bits per heavy atom. The minimum atomic E-state index is 0.583. The molecule has 0 amide bonds. The lowest BCUT2D eigenvalue weighted by atomic mass is 9.85. The third-order valence-corrected chi connectivity index (χ3v) is 4.44. The summed E-state index contributed by atoms with van der Waals surface area (Å²) >= 11 is 0. The Kier molecular flexibility index (Phi) is 5.30. The van der Waals surface area contributed by atoms with E-state index in [4.69, 9.17) is 0 Å². The topological polar surface area (TPSA) is 12.0 Å². The van der Waals surface area contributed by atoms with Crippen LogP contribution in [0.1, 0.15) is 66.7 Å². The van der Waals surface area contributed by atoms with Gasteiger partial charge in [0.2, 0.25) is 0 Å². The Labute approximate surface area is 102 Å². The highest BCUT2D eigenvalue weighted by atomic mass is 14.9. The molecule has 1 rings (SSSR count). The number of hydrogen-bond donors (Lipinski definition) is 1. The molecule has 96 valence electrons. The fraction of sp³-hybridized carbons (Fsp3) is 1.00. The van der Waals surface area contributed by atoms with Gasteiger partial charge in [-0.3, -0.25) is 0 Å². The molecule has 0 radical (unpaired) electrons. The zero-order chi connectivity index (χ0) is 12.2. The first kappa shape index (κ1) is 14.0. The van der Waals surface area contributed by atoms with E-state index in [0.29, 0.717) is 5.41 Å². The molecule has 0 saturated heterocycles. The Morgan fingerprint density at radius 2 is 1.81 bits per heavy atom. The van der Waals surface area contributed by atoms with Crippen molar-refractivity contribution in [3.63, 3.8) is 0 Å². The molecule has 2 atom stereocenters. The fourth-order valence-electron chi connectivity index (χ4n) is 2.45. The second kappa shape index (κ2) is 6.05. The van der Waals surface area contributed by atoms with Crippen molar-refractivity contribution in [2.45, 2.75) is 72.8 Å². The maximum absolute atomic E-state index is 3.78. The molecule has 1 aliphatic rings. The molecular formula is C15H31N. The summed E-state index contributed by atoms with van der Waals surface area (Å²) in [5, 5.41) is 3.78. The highest BCUT2D eigenvalue weighted by molar-refractivity contribution is 4.80. The van der Waals surface area contributed by atoms with Crippen LogP contribution in [0.25, 0.3) is 0 Å². The Bertz CT molecular complexity index is 196. The maximum atomic E-state index is 3.78. The summed E-state index contributed by atoms with van der Waals surface area (Å²) in [4.78, 5) is 0. The number of nitrogens with one attached hydrogen (secondary N) is 1. The van der Waals surface area contributed by atoms with E-state index in [1.807, 2.05) is 0 Å². The molecule has 0 spiro atoms. The molecule has 1 nitrogen and oxygen atoms in total. The number of hydrogen-bond acceptors (Lipinski definition) is 1. The maximum Gasteiger partial charge on any atom is 0.00673 e. The van der Waals surface area contributed by atoms with Crippen LogP contribution in [0.5, 0.6) is 0 Å².